The fourth-order valence-corrected chi connectivity index (χ4v) is 4.52. The van der Waals surface area contributed by atoms with Crippen molar-refractivity contribution in [2.24, 2.45) is 0 Å². The van der Waals surface area contributed by atoms with Gasteiger partial charge in [-0.3, -0.25) is 0 Å². The second-order valence-corrected chi connectivity index (χ2v) is 8.50. The number of piperidine rings is 1. The van der Waals surface area contributed by atoms with Crippen molar-refractivity contribution < 1.29 is 4.79 Å². The summed E-state index contributed by atoms with van der Waals surface area (Å²) in [6.45, 7) is 3.01. The van der Waals surface area contributed by atoms with Crippen LogP contribution in [0.4, 0.5) is 16.3 Å². The number of hydrogen-bond acceptors (Lipinski definition) is 5. The van der Waals surface area contributed by atoms with Crippen molar-refractivity contribution in [3.8, 4) is 17.5 Å². The van der Waals surface area contributed by atoms with Gasteiger partial charge in [0.1, 0.15) is 5.82 Å². The van der Waals surface area contributed by atoms with Crippen LogP contribution in [0.25, 0.3) is 11.4 Å². The molecule has 2 aromatic carbocycles. The minimum Gasteiger partial charge on any atom is -0.356 e. The second kappa shape index (κ2) is 9.29. The number of amides is 2. The highest BCUT2D eigenvalue weighted by molar-refractivity contribution is 5.89. The first-order valence-electron chi connectivity index (χ1n) is 11.5. The molecule has 33 heavy (non-hydrogen) atoms. The fourth-order valence-electron chi connectivity index (χ4n) is 4.52. The third kappa shape index (κ3) is 4.51. The molecule has 0 spiro atoms. The van der Waals surface area contributed by atoms with Gasteiger partial charge in [0.25, 0.3) is 0 Å². The highest BCUT2D eigenvalue weighted by Crippen LogP contribution is 2.31. The lowest BCUT2D eigenvalue weighted by Crippen LogP contribution is -2.41. The van der Waals surface area contributed by atoms with Gasteiger partial charge in [-0.2, -0.15) is 5.26 Å². The van der Waals surface area contributed by atoms with E-state index in [9.17, 15) is 4.79 Å². The number of nitrogens with one attached hydrogen (secondary N) is 1. The first-order chi connectivity index (χ1) is 16.2. The van der Waals surface area contributed by atoms with Crippen LogP contribution in [0.3, 0.4) is 0 Å². The molecule has 2 amide bonds. The largest absolute Gasteiger partial charge is 0.356 e. The van der Waals surface area contributed by atoms with Crippen molar-refractivity contribution in [2.75, 3.05) is 29.9 Å². The Morgan fingerprint density at radius 3 is 2.58 bits per heavy atom. The molecule has 0 aliphatic carbocycles. The van der Waals surface area contributed by atoms with Gasteiger partial charge >= 0.3 is 6.03 Å². The quantitative estimate of drug-likeness (QED) is 0.646. The lowest BCUT2D eigenvalue weighted by Gasteiger charge is -2.34. The second-order valence-electron chi connectivity index (χ2n) is 8.50. The maximum atomic E-state index is 13.0. The lowest BCUT2D eigenvalue weighted by molar-refractivity contribution is 0.206. The smallest absolute Gasteiger partial charge is 0.322 e. The molecule has 1 N–H and O–H groups in total. The third-order valence-corrected chi connectivity index (χ3v) is 6.26. The summed E-state index contributed by atoms with van der Waals surface area (Å²) in [5.74, 6) is 1.71. The van der Waals surface area contributed by atoms with Gasteiger partial charge < -0.3 is 15.1 Å². The molecule has 166 valence electrons. The van der Waals surface area contributed by atoms with Crippen LogP contribution >= 0.6 is 0 Å². The molecule has 7 heteroatoms. The number of hydrogen-bond donors (Lipinski definition) is 1. The lowest BCUT2D eigenvalue weighted by atomic mass is 10.0. The molecule has 0 radical (unpaired) electrons. The normalized spacial score (nSPS) is 15.5. The van der Waals surface area contributed by atoms with Gasteiger partial charge in [-0.05, 0) is 37.5 Å². The van der Waals surface area contributed by atoms with Crippen LogP contribution in [0.15, 0.2) is 54.6 Å². The molecule has 0 unspecified atom stereocenters. The van der Waals surface area contributed by atoms with E-state index in [2.05, 4.69) is 16.3 Å². The zero-order valence-electron chi connectivity index (χ0n) is 18.5. The number of nitrogens with zero attached hydrogens (tertiary/aromatic N) is 5. The Bertz CT molecular complexity index is 1200. The van der Waals surface area contributed by atoms with E-state index in [0.29, 0.717) is 30.8 Å². The monoisotopic (exact) mass is 438 g/mol. The van der Waals surface area contributed by atoms with Crippen LogP contribution in [0.1, 0.15) is 36.1 Å². The van der Waals surface area contributed by atoms with Gasteiger partial charge in [-0.1, -0.05) is 36.4 Å². The first kappa shape index (κ1) is 21.0. The van der Waals surface area contributed by atoms with E-state index < -0.39 is 0 Å². The Morgan fingerprint density at radius 2 is 1.79 bits per heavy atom. The summed E-state index contributed by atoms with van der Waals surface area (Å²) in [6.07, 6.45) is 4.23. The van der Waals surface area contributed by atoms with Crippen LogP contribution in [0.2, 0.25) is 0 Å². The van der Waals surface area contributed by atoms with Crippen molar-refractivity contribution in [1.29, 1.82) is 5.26 Å². The highest BCUT2D eigenvalue weighted by atomic mass is 16.2. The minimum atomic E-state index is -0.174. The van der Waals surface area contributed by atoms with E-state index in [1.165, 1.54) is 6.42 Å². The molecule has 7 nitrogen and oxygen atoms in total. The zero-order valence-corrected chi connectivity index (χ0v) is 18.5. The zero-order chi connectivity index (χ0) is 22.6. The summed E-state index contributed by atoms with van der Waals surface area (Å²) in [7, 11) is 0. The number of urea groups is 1. The van der Waals surface area contributed by atoms with Crippen molar-refractivity contribution in [2.45, 2.75) is 32.2 Å². The van der Waals surface area contributed by atoms with Gasteiger partial charge in [-0.15, -0.1) is 0 Å². The number of carbonyl (C=O) groups excluding carboxylic acids is 1. The molecule has 2 aliphatic rings. The van der Waals surface area contributed by atoms with Crippen LogP contribution < -0.4 is 10.2 Å². The molecule has 1 aromatic heterocycles. The molecular weight excluding hydrogens is 412 g/mol. The molecule has 0 atom stereocenters. The van der Waals surface area contributed by atoms with E-state index >= 15 is 0 Å². The first-order valence-corrected chi connectivity index (χ1v) is 11.5. The summed E-state index contributed by atoms with van der Waals surface area (Å²) >= 11 is 0. The molecule has 0 saturated carbocycles. The van der Waals surface area contributed by atoms with Crippen molar-refractivity contribution in [3.05, 3.63) is 71.4 Å². The van der Waals surface area contributed by atoms with Gasteiger partial charge in [0.15, 0.2) is 5.82 Å². The number of fused-ring (bicyclic) bond motifs is 1. The number of nitriles is 1. The van der Waals surface area contributed by atoms with E-state index in [-0.39, 0.29) is 6.03 Å². The third-order valence-electron chi connectivity index (χ3n) is 6.26. The fraction of sp³-hybridized carbons (Fsp3) is 0.308. The molecule has 0 bridgehead atoms. The number of aromatic nitrogens is 2. The standard InChI is InChI=1S/C26H26N6O/c27-17-19-8-7-11-21(16-19)28-26(33)32-15-12-23-22(18-32)25(31-13-5-2-6-14-31)30-24(29-23)20-9-3-1-4-10-20/h1,3-4,7-11,16H,2,5-6,12-15,18H2,(H,28,33). The molecule has 1 fully saturated rings. The van der Waals surface area contributed by atoms with Crippen LogP contribution in [0.5, 0.6) is 0 Å². The predicted molar refractivity (Wildman–Crippen MR) is 128 cm³/mol. The number of rotatable bonds is 3. The molecule has 5 rings (SSSR count). The van der Waals surface area contributed by atoms with Crippen LogP contribution in [-0.4, -0.2) is 40.5 Å². The van der Waals surface area contributed by atoms with E-state index in [1.54, 1.807) is 29.2 Å². The van der Waals surface area contributed by atoms with E-state index in [1.807, 2.05) is 30.3 Å². The molecule has 3 heterocycles. The van der Waals surface area contributed by atoms with Crippen LogP contribution in [-0.2, 0) is 13.0 Å². The Balaban J connectivity index is 1.44. The molecular formula is C26H26N6O. The maximum absolute atomic E-state index is 13.0. The molecule has 2 aliphatic heterocycles. The van der Waals surface area contributed by atoms with E-state index in [0.717, 1.165) is 54.4 Å². The molecule has 3 aromatic rings. The summed E-state index contributed by atoms with van der Waals surface area (Å²) in [5.41, 5.74) is 4.22. The van der Waals surface area contributed by atoms with Gasteiger partial charge in [-0.25, -0.2) is 14.8 Å². The Kier molecular flexibility index (Phi) is 5.90. The summed E-state index contributed by atoms with van der Waals surface area (Å²) < 4.78 is 0. The van der Waals surface area contributed by atoms with Gasteiger partial charge in [0.05, 0.1) is 23.9 Å². The SMILES string of the molecule is N#Cc1cccc(NC(=O)N2CCc3nc(-c4ccccc4)nc(N4CCCCC4)c3C2)c1. The minimum absolute atomic E-state index is 0.174. The average molecular weight is 439 g/mol. The maximum Gasteiger partial charge on any atom is 0.322 e. The summed E-state index contributed by atoms with van der Waals surface area (Å²) in [5, 5.41) is 12.1. The van der Waals surface area contributed by atoms with E-state index in [4.69, 9.17) is 15.2 Å². The number of benzene rings is 2. The Hall–Kier alpha value is -3.92. The van der Waals surface area contributed by atoms with Crippen LogP contribution in [0, 0.1) is 11.3 Å². The van der Waals surface area contributed by atoms with Crippen molar-refractivity contribution in [1.82, 2.24) is 14.9 Å². The average Bonchev–Trinajstić information content (AvgIpc) is 2.89. The predicted octanol–water partition coefficient (Wildman–Crippen LogP) is 4.60. The topological polar surface area (TPSA) is 85.2 Å². The Morgan fingerprint density at radius 1 is 0.970 bits per heavy atom. The summed E-state index contributed by atoms with van der Waals surface area (Å²) in [4.78, 5) is 27.1. The number of anilines is 2. The Labute approximate surface area is 193 Å². The number of carbonyl (C=O) groups is 1. The van der Waals surface area contributed by atoms with Gasteiger partial charge in [0, 0.05) is 42.9 Å². The molecule has 1 saturated heterocycles. The highest BCUT2D eigenvalue weighted by Gasteiger charge is 2.28. The summed E-state index contributed by atoms with van der Waals surface area (Å²) in [6, 6.07) is 19.0. The van der Waals surface area contributed by atoms with Crippen molar-refractivity contribution >= 4 is 17.5 Å². The van der Waals surface area contributed by atoms with Gasteiger partial charge in [0.2, 0.25) is 0 Å². The van der Waals surface area contributed by atoms with Crippen molar-refractivity contribution in [3.63, 3.8) is 0 Å².